The molecule has 2 aromatic rings. The Morgan fingerprint density at radius 2 is 2.28 bits per heavy atom. The number of rotatable bonds is 3. The Labute approximate surface area is 119 Å². The van der Waals surface area contributed by atoms with Gasteiger partial charge in [0.15, 0.2) is 5.69 Å². The summed E-state index contributed by atoms with van der Waals surface area (Å²) in [4.78, 5) is 15.6. The molecular weight excluding hydrogens is 343 g/mol. The molecule has 5 heteroatoms. The van der Waals surface area contributed by atoms with Crippen molar-refractivity contribution in [2.75, 3.05) is 6.61 Å². The number of carbonyl (C=O) groups excluding carboxylic acids is 1. The van der Waals surface area contributed by atoms with Gasteiger partial charge in [0.05, 0.1) is 6.61 Å². The quantitative estimate of drug-likeness (QED) is 0.628. The predicted molar refractivity (Wildman–Crippen MR) is 77.0 cm³/mol. The maximum Gasteiger partial charge on any atom is 0.358 e. The molecule has 0 saturated heterocycles. The van der Waals surface area contributed by atoms with E-state index in [1.165, 1.54) is 9.13 Å². The van der Waals surface area contributed by atoms with Crippen LogP contribution in [-0.4, -0.2) is 22.1 Å². The molecule has 0 aliphatic heterocycles. The Bertz CT molecular complexity index is 578. The molecule has 0 atom stereocenters. The predicted octanol–water partition coefficient (Wildman–Crippen LogP) is 2.96. The summed E-state index contributed by atoms with van der Waals surface area (Å²) in [5, 5.41) is 0. The van der Waals surface area contributed by atoms with Crippen molar-refractivity contribution in [3.8, 4) is 5.69 Å². The molecule has 0 unspecified atom stereocenters. The van der Waals surface area contributed by atoms with Crippen LogP contribution in [0.4, 0.5) is 0 Å². The Balaban J connectivity index is 2.29. The van der Waals surface area contributed by atoms with Crippen molar-refractivity contribution in [1.82, 2.24) is 9.55 Å². The zero-order chi connectivity index (χ0) is 13.1. The number of ether oxygens (including phenoxy) is 1. The summed E-state index contributed by atoms with van der Waals surface area (Å²) in [6.07, 6.45) is 3.30. The summed E-state index contributed by atoms with van der Waals surface area (Å²) in [7, 11) is 0. The van der Waals surface area contributed by atoms with Gasteiger partial charge in [-0.15, -0.1) is 0 Å². The Morgan fingerprint density at radius 1 is 1.50 bits per heavy atom. The van der Waals surface area contributed by atoms with Crippen molar-refractivity contribution >= 4 is 28.6 Å². The average molecular weight is 356 g/mol. The maximum absolute atomic E-state index is 11.5. The fourth-order valence-electron chi connectivity index (χ4n) is 1.52. The van der Waals surface area contributed by atoms with Crippen molar-refractivity contribution in [3.63, 3.8) is 0 Å². The van der Waals surface area contributed by atoms with Gasteiger partial charge in [0.1, 0.15) is 6.33 Å². The number of carbonyl (C=O) groups is 1. The SMILES string of the molecule is CCOC(=O)c1cn(-c2ccc(C)c(I)c2)cn1. The molecule has 1 aromatic carbocycles. The first kappa shape index (κ1) is 13.1. The van der Waals surface area contributed by atoms with Gasteiger partial charge in [-0.3, -0.25) is 0 Å². The number of benzene rings is 1. The zero-order valence-corrected chi connectivity index (χ0v) is 12.3. The molecule has 0 amide bonds. The van der Waals surface area contributed by atoms with Crippen LogP contribution in [0.25, 0.3) is 5.69 Å². The lowest BCUT2D eigenvalue weighted by atomic mass is 10.2. The van der Waals surface area contributed by atoms with Crippen molar-refractivity contribution in [3.05, 3.63) is 45.6 Å². The first-order valence-electron chi connectivity index (χ1n) is 5.59. The first-order chi connectivity index (χ1) is 8.61. The lowest BCUT2D eigenvalue weighted by Gasteiger charge is -2.04. The van der Waals surface area contributed by atoms with Gasteiger partial charge in [0, 0.05) is 15.5 Å². The molecule has 0 aliphatic carbocycles. The molecule has 94 valence electrons. The third kappa shape index (κ3) is 2.72. The van der Waals surface area contributed by atoms with Crippen molar-refractivity contribution in [2.24, 2.45) is 0 Å². The van der Waals surface area contributed by atoms with Crippen LogP contribution >= 0.6 is 22.6 Å². The number of imidazole rings is 1. The lowest BCUT2D eigenvalue weighted by Crippen LogP contribution is -2.04. The second-order valence-electron chi connectivity index (χ2n) is 3.82. The largest absolute Gasteiger partial charge is 0.461 e. The summed E-state index contributed by atoms with van der Waals surface area (Å²) in [6.45, 7) is 4.19. The number of hydrogen-bond donors (Lipinski definition) is 0. The number of aryl methyl sites for hydroxylation is 1. The first-order valence-corrected chi connectivity index (χ1v) is 6.67. The molecule has 1 heterocycles. The monoisotopic (exact) mass is 356 g/mol. The molecular formula is C13H13IN2O2. The maximum atomic E-state index is 11.5. The normalized spacial score (nSPS) is 10.4. The van der Waals surface area contributed by atoms with Crippen LogP contribution in [0.1, 0.15) is 23.0 Å². The van der Waals surface area contributed by atoms with E-state index < -0.39 is 5.97 Å². The van der Waals surface area contributed by atoms with E-state index >= 15 is 0 Å². The van der Waals surface area contributed by atoms with E-state index in [0.717, 1.165) is 5.69 Å². The van der Waals surface area contributed by atoms with Gasteiger partial charge in [0.2, 0.25) is 0 Å². The number of nitrogens with zero attached hydrogens (tertiary/aromatic N) is 2. The highest BCUT2D eigenvalue weighted by Crippen LogP contribution is 2.17. The summed E-state index contributed by atoms with van der Waals surface area (Å²) < 4.78 is 7.89. The van der Waals surface area contributed by atoms with Crippen LogP contribution < -0.4 is 0 Å². The van der Waals surface area contributed by atoms with E-state index in [0.29, 0.717) is 12.3 Å². The minimum atomic E-state index is -0.391. The molecule has 1 aromatic heterocycles. The van der Waals surface area contributed by atoms with Gasteiger partial charge in [0.25, 0.3) is 0 Å². The molecule has 0 bridgehead atoms. The summed E-state index contributed by atoms with van der Waals surface area (Å²) in [5.41, 5.74) is 2.53. The van der Waals surface area contributed by atoms with Crippen LogP contribution in [0.2, 0.25) is 0 Å². The van der Waals surface area contributed by atoms with Gasteiger partial charge < -0.3 is 9.30 Å². The van der Waals surface area contributed by atoms with E-state index in [1.54, 1.807) is 19.4 Å². The van der Waals surface area contributed by atoms with Gasteiger partial charge >= 0.3 is 5.97 Å². The lowest BCUT2D eigenvalue weighted by molar-refractivity contribution is 0.0520. The van der Waals surface area contributed by atoms with E-state index in [2.05, 4.69) is 34.5 Å². The smallest absolute Gasteiger partial charge is 0.358 e. The fraction of sp³-hybridized carbons (Fsp3) is 0.231. The minimum Gasteiger partial charge on any atom is -0.461 e. The van der Waals surface area contributed by atoms with Crippen LogP contribution in [0.5, 0.6) is 0 Å². The number of aromatic nitrogens is 2. The molecule has 0 saturated carbocycles. The fourth-order valence-corrected chi connectivity index (χ4v) is 2.02. The van der Waals surface area contributed by atoms with Crippen molar-refractivity contribution in [1.29, 1.82) is 0 Å². The number of hydrogen-bond acceptors (Lipinski definition) is 3. The molecule has 0 N–H and O–H groups in total. The molecule has 0 aliphatic rings. The summed E-state index contributed by atoms with van der Waals surface area (Å²) in [6, 6.07) is 6.09. The summed E-state index contributed by atoms with van der Waals surface area (Å²) in [5.74, 6) is -0.391. The third-order valence-corrected chi connectivity index (χ3v) is 3.68. The Kier molecular flexibility index (Phi) is 4.00. The summed E-state index contributed by atoms with van der Waals surface area (Å²) >= 11 is 2.28. The van der Waals surface area contributed by atoms with Crippen LogP contribution in [-0.2, 0) is 4.74 Å². The van der Waals surface area contributed by atoms with E-state index in [1.807, 2.05) is 22.8 Å². The highest BCUT2D eigenvalue weighted by molar-refractivity contribution is 14.1. The van der Waals surface area contributed by atoms with E-state index in [9.17, 15) is 4.79 Å². The molecule has 18 heavy (non-hydrogen) atoms. The van der Waals surface area contributed by atoms with Crippen molar-refractivity contribution in [2.45, 2.75) is 13.8 Å². The average Bonchev–Trinajstić information content (AvgIpc) is 2.82. The number of halogens is 1. The van der Waals surface area contributed by atoms with E-state index in [4.69, 9.17) is 4.74 Å². The Morgan fingerprint density at radius 3 is 2.94 bits per heavy atom. The topological polar surface area (TPSA) is 44.1 Å². The van der Waals surface area contributed by atoms with Gasteiger partial charge in [-0.1, -0.05) is 6.07 Å². The second-order valence-corrected chi connectivity index (χ2v) is 4.98. The van der Waals surface area contributed by atoms with Gasteiger partial charge in [-0.05, 0) is 54.1 Å². The van der Waals surface area contributed by atoms with Crippen LogP contribution in [0.3, 0.4) is 0 Å². The highest BCUT2D eigenvalue weighted by atomic mass is 127. The van der Waals surface area contributed by atoms with Crippen molar-refractivity contribution < 1.29 is 9.53 Å². The van der Waals surface area contributed by atoms with E-state index in [-0.39, 0.29) is 0 Å². The molecule has 2 rings (SSSR count). The van der Waals surface area contributed by atoms with Gasteiger partial charge in [-0.25, -0.2) is 9.78 Å². The van der Waals surface area contributed by atoms with Crippen LogP contribution in [0, 0.1) is 10.5 Å². The molecule has 0 spiro atoms. The Hall–Kier alpha value is -1.37. The molecule has 0 fully saturated rings. The number of esters is 1. The standard InChI is InChI=1S/C13H13IN2O2/c1-3-18-13(17)12-7-16(8-15-12)10-5-4-9(2)11(14)6-10/h4-8H,3H2,1-2H3. The molecule has 0 radical (unpaired) electrons. The second kappa shape index (κ2) is 5.51. The third-order valence-electron chi connectivity index (χ3n) is 2.52. The highest BCUT2D eigenvalue weighted by Gasteiger charge is 2.10. The minimum absolute atomic E-state index is 0.326. The molecule has 4 nitrogen and oxygen atoms in total. The van der Waals surface area contributed by atoms with Crippen LogP contribution in [0.15, 0.2) is 30.7 Å². The van der Waals surface area contributed by atoms with Gasteiger partial charge in [-0.2, -0.15) is 0 Å². The zero-order valence-electron chi connectivity index (χ0n) is 10.2.